The van der Waals surface area contributed by atoms with Gasteiger partial charge in [0.15, 0.2) is 5.87 Å². The quantitative estimate of drug-likeness (QED) is 0.417. The molecule has 0 bridgehead atoms. The number of rotatable bonds is 0. The van der Waals surface area contributed by atoms with Crippen LogP contribution < -0.4 is 15.4 Å². The van der Waals surface area contributed by atoms with Crippen LogP contribution in [0.1, 0.15) is 0 Å². The Morgan fingerprint density at radius 3 is 3.00 bits per heavy atom. The first kappa shape index (κ1) is 4.29. The van der Waals surface area contributed by atoms with Crippen LogP contribution >= 0.6 is 0 Å². The zero-order chi connectivity index (χ0) is 7.68. The van der Waals surface area contributed by atoms with Gasteiger partial charge in [0.2, 0.25) is 6.20 Å². The summed E-state index contributed by atoms with van der Waals surface area (Å²) in [5.41, 5.74) is 2.96. The molecule has 0 fully saturated rings. The van der Waals surface area contributed by atoms with Crippen molar-refractivity contribution in [2.75, 3.05) is 0 Å². The molecule has 0 aliphatic carbocycles. The minimum Gasteiger partial charge on any atom is -0.163 e. The lowest BCUT2D eigenvalue weighted by Crippen LogP contribution is -2.63. The van der Waals surface area contributed by atoms with Crippen molar-refractivity contribution in [1.82, 2.24) is 0 Å². The number of nitrogens with one attached hydrogen (secondary N) is 1. The molecule has 0 spiro atoms. The van der Waals surface area contributed by atoms with E-state index in [2.05, 4.69) is 11.6 Å². The predicted molar refractivity (Wildman–Crippen MR) is 38.7 cm³/mol. The van der Waals surface area contributed by atoms with E-state index in [1.165, 1.54) is 0 Å². The van der Waals surface area contributed by atoms with E-state index in [1.54, 1.807) is 6.20 Å². The molecule has 10 heavy (non-hydrogen) atoms. The molecule has 1 aliphatic heterocycles. The summed E-state index contributed by atoms with van der Waals surface area (Å²) in [4.78, 5) is 1.13. The lowest BCUT2D eigenvalue weighted by molar-refractivity contribution is -0.362. The molecule has 0 atom stereocenters. The maximum absolute atomic E-state index is 7.21. The van der Waals surface area contributed by atoms with Gasteiger partial charge in [-0.1, -0.05) is 12.1 Å². The first-order valence-electron chi connectivity index (χ1n) is 3.55. The summed E-state index contributed by atoms with van der Waals surface area (Å²) in [7, 11) is 0. The third-order valence-electron chi connectivity index (χ3n) is 1.40. The third-order valence-corrected chi connectivity index (χ3v) is 1.40. The van der Waals surface area contributed by atoms with Crippen LogP contribution in [0.15, 0.2) is 30.5 Å². The largest absolute Gasteiger partial charge is 0.467 e. The van der Waals surface area contributed by atoms with Gasteiger partial charge in [0.1, 0.15) is 0 Å². The van der Waals surface area contributed by atoms with Gasteiger partial charge in [0, 0.05) is 5.22 Å². The van der Waals surface area contributed by atoms with Crippen molar-refractivity contribution >= 4 is 11.6 Å². The van der Waals surface area contributed by atoms with Crippen LogP contribution in [0.5, 0.6) is 0 Å². The second kappa shape index (κ2) is 2.00. The van der Waals surface area contributed by atoms with E-state index in [0.717, 1.165) is 15.4 Å². The molecule has 1 aliphatic rings. The third kappa shape index (κ3) is 0.708. The zero-order valence-corrected chi connectivity index (χ0v) is 5.33. The Morgan fingerprint density at radius 2 is 2.10 bits per heavy atom. The smallest absolute Gasteiger partial charge is 0.163 e. The van der Waals surface area contributed by atoms with Gasteiger partial charge in [-0.15, -0.1) is 0 Å². The summed E-state index contributed by atoms with van der Waals surface area (Å²) in [6.45, 7) is 0. The maximum Gasteiger partial charge on any atom is 0.467 e. The number of hydrogen-bond acceptors (Lipinski definition) is 0. The fourth-order valence-electron chi connectivity index (χ4n) is 0.910. The summed E-state index contributed by atoms with van der Waals surface area (Å²) in [6.07, 6.45) is 1.54. The van der Waals surface area contributed by atoms with Gasteiger partial charge in [0.25, 0.3) is 0 Å². The van der Waals surface area contributed by atoms with E-state index in [-0.39, 0.29) is 0 Å². The Morgan fingerprint density at radius 1 is 1.30 bits per heavy atom. The van der Waals surface area contributed by atoms with Crippen molar-refractivity contribution < 1.29 is 6.40 Å². The Balaban J connectivity index is 3.08. The molecule has 0 saturated carbocycles. The van der Waals surface area contributed by atoms with Gasteiger partial charge in [-0.05, 0) is 17.9 Å². The Hall–Kier alpha value is -1.55. The molecule has 46 valence electrons. The molecule has 0 radical (unpaired) electrons. The van der Waals surface area contributed by atoms with Crippen LogP contribution in [0.3, 0.4) is 0 Å². The first-order valence-corrected chi connectivity index (χ1v) is 3.10. The fourth-order valence-corrected chi connectivity index (χ4v) is 0.910. The highest BCUT2D eigenvalue weighted by Crippen LogP contribution is 1.67. The van der Waals surface area contributed by atoms with Gasteiger partial charge in [-0.2, -0.15) is 4.99 Å². The average Bonchev–Trinajstić information content (AvgIpc) is 2.04. The Labute approximate surface area is 59.8 Å². The van der Waals surface area contributed by atoms with Gasteiger partial charge >= 0.3 is 1.41 Å². The summed E-state index contributed by atoms with van der Waals surface area (Å²) >= 11 is 0. The van der Waals surface area contributed by atoms with Crippen molar-refractivity contribution in [3.05, 3.63) is 40.9 Å². The zero-order valence-electron chi connectivity index (χ0n) is 6.33. The average molecular weight is 129 g/mol. The Kier molecular flexibility index (Phi) is 0.859. The van der Waals surface area contributed by atoms with Crippen molar-refractivity contribution in [3.63, 3.8) is 0 Å². The number of hydrogen-bond donors (Lipinski definition) is 1. The maximum atomic E-state index is 7.21. The van der Waals surface area contributed by atoms with Gasteiger partial charge < -0.3 is 0 Å². The van der Waals surface area contributed by atoms with Gasteiger partial charge in [-0.3, -0.25) is 0 Å². The lowest BCUT2D eigenvalue weighted by atomic mass is 10.2. The van der Waals surface area contributed by atoms with Crippen molar-refractivity contribution in [1.29, 1.82) is 0 Å². The second-order valence-electron chi connectivity index (χ2n) is 2.06. The van der Waals surface area contributed by atoms with Crippen LogP contribution in [-0.2, 0) is 0 Å². The molecule has 0 unspecified atom stereocenters. The van der Waals surface area contributed by atoms with Gasteiger partial charge in [-0.25, -0.2) is 0 Å². The fraction of sp³-hybridized carbons (Fsp3) is 0. The minimum absolute atomic E-state index is 0.921. The van der Waals surface area contributed by atoms with Crippen LogP contribution in [0.4, 0.5) is 0 Å². The molecule has 1 heteroatoms. The molecule has 1 nitrogen and oxygen atoms in total. The molecule has 2 rings (SSSR count). The van der Waals surface area contributed by atoms with E-state index in [0.29, 0.717) is 0 Å². The van der Waals surface area contributed by atoms with E-state index in [9.17, 15) is 0 Å². The first-order chi connectivity index (χ1) is 5.36. The van der Waals surface area contributed by atoms with E-state index < -0.39 is 0 Å². The summed E-state index contributed by atoms with van der Waals surface area (Å²) in [5.74, 6) is 2.84. The van der Waals surface area contributed by atoms with E-state index in [4.69, 9.17) is 1.41 Å². The predicted octanol–water partition coefficient (Wildman–Crippen LogP) is -1.98. The second-order valence-corrected chi connectivity index (χ2v) is 2.06. The number of fused-ring (bicyclic) bond motifs is 1. The topological polar surface area (TPSA) is 14.0 Å². The van der Waals surface area contributed by atoms with Crippen LogP contribution in [0, 0.1) is 0 Å². The van der Waals surface area contributed by atoms with E-state index in [1.807, 2.05) is 24.3 Å². The molecule has 1 aromatic rings. The highest BCUT2D eigenvalue weighted by molar-refractivity contribution is 5.48. The highest BCUT2D eigenvalue weighted by atomic mass is 14.6. The molecular formula is C9H6N+. The molecule has 1 aromatic carbocycles. The Bertz CT molecular complexity index is 475. The van der Waals surface area contributed by atoms with Crippen LogP contribution in [-0.4, -0.2) is 5.87 Å². The normalized spacial score (nSPS) is 14.0. The lowest BCUT2D eigenvalue weighted by Gasteiger charge is -1.79. The molecule has 0 saturated heterocycles. The molecule has 1 heterocycles. The summed E-state index contributed by atoms with van der Waals surface area (Å²) in [5, 5.41) is 1.92. The minimum atomic E-state index is 0.921. The van der Waals surface area contributed by atoms with Crippen LogP contribution in [0.2, 0.25) is 1.41 Å². The van der Waals surface area contributed by atoms with Crippen LogP contribution in [0.25, 0.3) is 5.73 Å². The van der Waals surface area contributed by atoms with E-state index >= 15 is 0 Å². The SMILES string of the molecule is [2H][N+]1=C=c2ccccc2=C=C1. The standard InChI is InChI=1S/C9H5N/c1-2-4-9-7-10-6-5-8(9)3-1/h1-4,6H/p+1/i/hD. The van der Waals surface area contributed by atoms with Crippen molar-refractivity contribution in [2.45, 2.75) is 0 Å². The highest BCUT2D eigenvalue weighted by Gasteiger charge is 1.85. The molecular weight excluding hydrogens is 122 g/mol. The molecule has 0 amide bonds. The summed E-state index contributed by atoms with van der Waals surface area (Å²) in [6, 6.07) is 7.73. The van der Waals surface area contributed by atoms with Crippen molar-refractivity contribution in [2.24, 2.45) is 0 Å². The van der Waals surface area contributed by atoms with Gasteiger partial charge in [0.05, 0.1) is 5.22 Å². The molecule has 1 N–H and O–H groups in total. The monoisotopic (exact) mass is 129 g/mol. The summed E-state index contributed by atoms with van der Waals surface area (Å²) < 4.78 is 7.21. The molecule has 0 aromatic heterocycles. The van der Waals surface area contributed by atoms with Crippen molar-refractivity contribution in [3.8, 4) is 0 Å². The number of benzene rings is 1.